The van der Waals surface area contributed by atoms with E-state index in [1.807, 2.05) is 32.0 Å². The Labute approximate surface area is 190 Å². The van der Waals surface area contributed by atoms with Crippen LogP contribution in [0, 0.1) is 19.8 Å². The van der Waals surface area contributed by atoms with Crippen molar-refractivity contribution in [3.63, 3.8) is 0 Å². The van der Waals surface area contributed by atoms with Crippen molar-refractivity contribution >= 4 is 17.7 Å². The molecule has 31 heavy (non-hydrogen) atoms. The van der Waals surface area contributed by atoms with Gasteiger partial charge in [0.2, 0.25) is 0 Å². The Morgan fingerprint density at radius 3 is 2.65 bits per heavy atom. The highest BCUT2D eigenvalue weighted by Gasteiger charge is 2.24. The maximum Gasteiger partial charge on any atom is 0.255 e. The zero-order chi connectivity index (χ0) is 21.6. The van der Waals surface area contributed by atoms with Crippen LogP contribution in [0.1, 0.15) is 65.9 Å². The molecule has 2 aromatic rings. The first-order valence-electron chi connectivity index (χ1n) is 11.8. The number of amides is 1. The molecule has 0 N–H and O–H groups in total. The molecule has 0 spiro atoms. The van der Waals surface area contributed by atoms with Crippen LogP contribution < -0.4 is 0 Å². The first-order valence-corrected chi connectivity index (χ1v) is 12.8. The predicted octanol–water partition coefficient (Wildman–Crippen LogP) is 5.31. The molecule has 2 fully saturated rings. The minimum absolute atomic E-state index is 0.168. The van der Waals surface area contributed by atoms with Gasteiger partial charge < -0.3 is 14.3 Å². The van der Waals surface area contributed by atoms with Gasteiger partial charge in [0.25, 0.3) is 5.91 Å². The van der Waals surface area contributed by atoms with Crippen LogP contribution in [-0.4, -0.2) is 53.6 Å². The number of aromatic nitrogens is 1. The molecule has 1 aromatic heterocycles. The summed E-state index contributed by atoms with van der Waals surface area (Å²) < 4.78 is 5.29. The van der Waals surface area contributed by atoms with Crippen LogP contribution in [0.5, 0.6) is 0 Å². The second kappa shape index (κ2) is 10.7. The van der Waals surface area contributed by atoms with E-state index in [0.29, 0.717) is 0 Å². The van der Waals surface area contributed by atoms with Crippen LogP contribution in [0.3, 0.4) is 0 Å². The highest BCUT2D eigenvalue weighted by molar-refractivity contribution is 7.98. The van der Waals surface area contributed by atoms with Gasteiger partial charge in [0.1, 0.15) is 5.76 Å². The summed E-state index contributed by atoms with van der Waals surface area (Å²) in [6, 6.07) is 8.02. The van der Waals surface area contributed by atoms with Gasteiger partial charge in [0, 0.05) is 42.4 Å². The molecular formula is C25H35N3O2S. The number of hydrogen-bond acceptors (Lipinski definition) is 5. The number of carbonyl (C=O) groups excluding carboxylic acids is 1. The Hall–Kier alpha value is -1.79. The third kappa shape index (κ3) is 5.72. The van der Waals surface area contributed by atoms with Crippen LogP contribution in [0.15, 0.2) is 33.7 Å². The van der Waals surface area contributed by atoms with Crippen LogP contribution >= 0.6 is 11.8 Å². The maximum absolute atomic E-state index is 13.4. The molecule has 0 radical (unpaired) electrons. The van der Waals surface area contributed by atoms with E-state index in [2.05, 4.69) is 21.0 Å². The van der Waals surface area contributed by atoms with Gasteiger partial charge in [-0.15, -0.1) is 11.8 Å². The summed E-state index contributed by atoms with van der Waals surface area (Å²) in [5, 5.41) is 4.05. The van der Waals surface area contributed by atoms with E-state index < -0.39 is 0 Å². The molecule has 168 valence electrons. The quantitative estimate of drug-likeness (QED) is 0.569. The largest absolute Gasteiger partial charge is 0.361 e. The average molecular weight is 442 g/mol. The zero-order valence-electron chi connectivity index (χ0n) is 18.9. The highest BCUT2D eigenvalue weighted by atomic mass is 32.2. The van der Waals surface area contributed by atoms with Crippen molar-refractivity contribution in [2.75, 3.05) is 32.7 Å². The standard InChI is InChI=1S/C25H35N3O2S/c1-19-23(20(2)30-26-19)18-31-24-12-7-6-11-22(24)25(29)28-14-8-13-27(15-16-28)17-21-9-4-3-5-10-21/h6-7,11-12,21H,3-5,8-10,13-18H2,1-2H3. The number of hydrogen-bond donors (Lipinski definition) is 0. The molecule has 1 saturated carbocycles. The van der Waals surface area contributed by atoms with Crippen molar-refractivity contribution in [2.24, 2.45) is 5.92 Å². The van der Waals surface area contributed by atoms with Crippen LogP contribution in [0.25, 0.3) is 0 Å². The number of rotatable bonds is 6. The fourth-order valence-electron chi connectivity index (χ4n) is 4.89. The molecule has 0 unspecified atom stereocenters. The summed E-state index contributed by atoms with van der Waals surface area (Å²) in [6.07, 6.45) is 8.03. The molecule has 5 nitrogen and oxygen atoms in total. The van der Waals surface area contributed by atoms with Crippen LogP contribution in [0.2, 0.25) is 0 Å². The fourth-order valence-corrected chi connectivity index (χ4v) is 6.09. The number of benzene rings is 1. The summed E-state index contributed by atoms with van der Waals surface area (Å²) in [6.45, 7) is 8.92. The Morgan fingerprint density at radius 2 is 1.87 bits per heavy atom. The lowest BCUT2D eigenvalue weighted by Crippen LogP contribution is -2.37. The summed E-state index contributed by atoms with van der Waals surface area (Å²) in [7, 11) is 0. The Morgan fingerprint density at radius 1 is 1.06 bits per heavy atom. The van der Waals surface area contributed by atoms with Gasteiger partial charge in [-0.2, -0.15) is 0 Å². The van der Waals surface area contributed by atoms with Crippen molar-refractivity contribution in [3.05, 3.63) is 46.8 Å². The minimum atomic E-state index is 0.168. The Kier molecular flexibility index (Phi) is 7.72. The summed E-state index contributed by atoms with van der Waals surface area (Å²) in [5.74, 6) is 2.65. The molecule has 2 aliphatic rings. The monoisotopic (exact) mass is 441 g/mol. The maximum atomic E-state index is 13.4. The topological polar surface area (TPSA) is 49.6 Å². The fraction of sp³-hybridized carbons (Fsp3) is 0.600. The van der Waals surface area contributed by atoms with E-state index in [4.69, 9.17) is 4.52 Å². The normalized spacial score (nSPS) is 18.8. The zero-order valence-corrected chi connectivity index (χ0v) is 19.8. The molecule has 4 rings (SSSR count). The highest BCUT2D eigenvalue weighted by Crippen LogP contribution is 2.30. The molecular weight excluding hydrogens is 406 g/mol. The Balaban J connectivity index is 1.37. The van der Waals surface area contributed by atoms with Gasteiger partial charge in [-0.3, -0.25) is 4.79 Å². The number of carbonyl (C=O) groups is 1. The average Bonchev–Trinajstić information content (AvgIpc) is 2.97. The smallest absolute Gasteiger partial charge is 0.255 e. The van der Waals surface area contributed by atoms with E-state index in [1.54, 1.807) is 11.8 Å². The van der Waals surface area contributed by atoms with E-state index in [9.17, 15) is 4.79 Å². The first kappa shape index (κ1) is 22.4. The molecule has 0 atom stereocenters. The lowest BCUT2D eigenvalue weighted by atomic mass is 9.89. The summed E-state index contributed by atoms with van der Waals surface area (Å²) in [5.41, 5.74) is 2.87. The van der Waals surface area contributed by atoms with Crippen molar-refractivity contribution in [2.45, 2.75) is 63.0 Å². The van der Waals surface area contributed by atoms with E-state index in [1.165, 1.54) is 38.6 Å². The number of nitrogens with zero attached hydrogens (tertiary/aromatic N) is 3. The van der Waals surface area contributed by atoms with E-state index in [-0.39, 0.29) is 5.91 Å². The molecule has 1 aromatic carbocycles. The second-order valence-electron chi connectivity index (χ2n) is 9.04. The van der Waals surface area contributed by atoms with Crippen molar-refractivity contribution < 1.29 is 9.32 Å². The molecule has 1 amide bonds. The minimum Gasteiger partial charge on any atom is -0.361 e. The van der Waals surface area contributed by atoms with Crippen LogP contribution in [0.4, 0.5) is 0 Å². The molecule has 6 heteroatoms. The van der Waals surface area contributed by atoms with Crippen molar-refractivity contribution in [3.8, 4) is 0 Å². The van der Waals surface area contributed by atoms with E-state index in [0.717, 1.165) is 71.7 Å². The Bertz CT molecular complexity index is 856. The second-order valence-corrected chi connectivity index (χ2v) is 10.1. The van der Waals surface area contributed by atoms with Gasteiger partial charge in [0.15, 0.2) is 0 Å². The van der Waals surface area contributed by atoms with Gasteiger partial charge in [-0.05, 0) is 57.7 Å². The summed E-state index contributed by atoms with van der Waals surface area (Å²) in [4.78, 5) is 19.1. The molecule has 0 bridgehead atoms. The number of thioether (sulfide) groups is 1. The van der Waals surface area contributed by atoms with Gasteiger partial charge in [-0.25, -0.2) is 0 Å². The lowest BCUT2D eigenvalue weighted by Gasteiger charge is -2.29. The predicted molar refractivity (Wildman–Crippen MR) is 126 cm³/mol. The SMILES string of the molecule is Cc1noc(C)c1CSc1ccccc1C(=O)N1CCCN(CC2CCCCC2)CC1. The van der Waals surface area contributed by atoms with Crippen molar-refractivity contribution in [1.82, 2.24) is 15.0 Å². The van der Waals surface area contributed by atoms with Gasteiger partial charge >= 0.3 is 0 Å². The van der Waals surface area contributed by atoms with Crippen LogP contribution in [-0.2, 0) is 5.75 Å². The number of aryl methyl sites for hydroxylation is 2. The lowest BCUT2D eigenvalue weighted by molar-refractivity contribution is 0.0756. The van der Waals surface area contributed by atoms with Gasteiger partial charge in [-0.1, -0.05) is 36.6 Å². The molecule has 1 aliphatic carbocycles. The molecule has 1 aliphatic heterocycles. The molecule has 2 heterocycles. The van der Waals surface area contributed by atoms with Crippen molar-refractivity contribution in [1.29, 1.82) is 0 Å². The molecule has 1 saturated heterocycles. The third-order valence-corrected chi connectivity index (χ3v) is 7.89. The third-order valence-electron chi connectivity index (χ3n) is 6.79. The summed E-state index contributed by atoms with van der Waals surface area (Å²) >= 11 is 1.70. The van der Waals surface area contributed by atoms with E-state index >= 15 is 0 Å². The first-order chi connectivity index (χ1) is 15.1. The van der Waals surface area contributed by atoms with Gasteiger partial charge in [0.05, 0.1) is 11.3 Å².